The van der Waals surface area contributed by atoms with Gasteiger partial charge in [0.2, 0.25) is 5.91 Å². The van der Waals surface area contributed by atoms with Gasteiger partial charge in [0.15, 0.2) is 0 Å². The minimum Gasteiger partial charge on any atom is -0.341 e. The number of hydrogen-bond acceptors (Lipinski definition) is 6. The predicted octanol–water partition coefficient (Wildman–Crippen LogP) is 4.61. The topological polar surface area (TPSA) is 89.2 Å². The normalized spacial score (nSPS) is 16.3. The monoisotopic (exact) mass is 591 g/mol. The van der Waals surface area contributed by atoms with E-state index in [1.54, 1.807) is 44.3 Å². The predicted molar refractivity (Wildman–Crippen MR) is 159 cm³/mol. The molecule has 2 aliphatic heterocycles. The van der Waals surface area contributed by atoms with Crippen LogP contribution in [-0.4, -0.2) is 70.2 Å². The highest BCUT2D eigenvalue weighted by Gasteiger charge is 2.30. The van der Waals surface area contributed by atoms with Crippen molar-refractivity contribution in [3.8, 4) is 18.0 Å². The number of rotatable bonds is 8. The molecule has 43 heavy (non-hydrogen) atoms. The van der Waals surface area contributed by atoms with Crippen molar-refractivity contribution >= 4 is 22.5 Å². The van der Waals surface area contributed by atoms with Gasteiger partial charge < -0.3 is 20.1 Å². The fourth-order valence-corrected chi connectivity index (χ4v) is 5.36. The van der Waals surface area contributed by atoms with Crippen LogP contribution >= 0.6 is 0 Å². The summed E-state index contributed by atoms with van der Waals surface area (Å²) in [4.78, 5) is 20.7. The van der Waals surface area contributed by atoms with Crippen LogP contribution in [0, 0.1) is 23.3 Å². The summed E-state index contributed by atoms with van der Waals surface area (Å²) in [7, 11) is 0. The highest BCUT2D eigenvalue weighted by molar-refractivity contribution is 5.83. The second-order valence-corrected chi connectivity index (χ2v) is 11.8. The van der Waals surface area contributed by atoms with Crippen molar-refractivity contribution in [2.45, 2.75) is 63.8 Å². The number of piperidine rings is 1. The zero-order valence-electron chi connectivity index (χ0n) is 24.5. The zero-order chi connectivity index (χ0) is 30.6. The highest BCUT2D eigenvalue weighted by Crippen LogP contribution is 2.27. The van der Waals surface area contributed by atoms with Crippen LogP contribution in [0.5, 0.6) is 0 Å². The van der Waals surface area contributed by atoms with E-state index in [9.17, 15) is 23.2 Å². The van der Waals surface area contributed by atoms with Crippen LogP contribution in [0.25, 0.3) is 10.9 Å². The van der Waals surface area contributed by atoms with Crippen molar-refractivity contribution in [2.75, 3.05) is 38.0 Å². The van der Waals surface area contributed by atoms with Gasteiger partial charge in [-0.05, 0) is 74.9 Å². The number of nitrogens with one attached hydrogen (secondary N) is 2. The molecule has 5 rings (SSSR count). The number of nitriles is 1. The third-order valence-corrected chi connectivity index (χ3v) is 8.13. The Hall–Kier alpha value is -4.06. The molecule has 4 heterocycles. The maximum atomic E-state index is 13.5. The first-order valence-electron chi connectivity index (χ1n) is 14.6. The molecule has 0 spiro atoms. The third kappa shape index (κ3) is 7.67. The average Bonchev–Trinajstić information content (AvgIpc) is 3.26. The first-order chi connectivity index (χ1) is 20.5. The number of likely N-dealkylation sites (tertiary alicyclic amines) is 2. The lowest BCUT2D eigenvalue weighted by Crippen LogP contribution is -2.50. The Balaban J connectivity index is 1.22. The SMILES string of the molecule is CC(C)(C#N)c1ccc(NC#Cc2cc3cc(CNC4CCN(CC(=O)N5CCC5)CC4)ccc3n2CC(F)(F)F)cn1. The summed E-state index contributed by atoms with van der Waals surface area (Å²) in [6.07, 6.45) is 0.124. The van der Waals surface area contributed by atoms with Crippen LogP contribution in [0.4, 0.5) is 18.9 Å². The number of fused-ring (bicyclic) bond motifs is 1. The van der Waals surface area contributed by atoms with E-state index in [1.165, 1.54) is 4.57 Å². The first-order valence-corrected chi connectivity index (χ1v) is 14.6. The Labute approximate surface area is 249 Å². The van der Waals surface area contributed by atoms with Gasteiger partial charge in [-0.2, -0.15) is 18.4 Å². The Kier molecular flexibility index (Phi) is 8.95. The molecule has 2 saturated heterocycles. The van der Waals surface area contributed by atoms with Crippen molar-refractivity contribution in [1.29, 1.82) is 5.26 Å². The maximum absolute atomic E-state index is 13.5. The van der Waals surface area contributed by atoms with E-state index >= 15 is 0 Å². The lowest BCUT2D eigenvalue weighted by molar-refractivity contribution is -0.140. The van der Waals surface area contributed by atoms with E-state index in [0.717, 1.165) is 51.0 Å². The van der Waals surface area contributed by atoms with E-state index in [0.29, 0.717) is 41.4 Å². The van der Waals surface area contributed by atoms with Gasteiger partial charge in [-0.15, -0.1) is 0 Å². The molecule has 226 valence electrons. The molecule has 3 aromatic rings. The molecule has 0 radical (unpaired) electrons. The third-order valence-electron chi connectivity index (χ3n) is 8.13. The lowest BCUT2D eigenvalue weighted by atomic mass is 9.91. The molecule has 0 bridgehead atoms. The van der Waals surface area contributed by atoms with Crippen LogP contribution in [0.15, 0.2) is 42.6 Å². The molecule has 1 amide bonds. The lowest BCUT2D eigenvalue weighted by Gasteiger charge is -2.36. The molecular formula is C32H36F3N7O. The largest absolute Gasteiger partial charge is 0.406 e. The number of hydrogen-bond donors (Lipinski definition) is 2. The van der Waals surface area contributed by atoms with E-state index in [4.69, 9.17) is 0 Å². The molecule has 0 aliphatic carbocycles. The molecular weight excluding hydrogens is 555 g/mol. The van der Waals surface area contributed by atoms with E-state index < -0.39 is 18.1 Å². The Bertz CT molecular complexity index is 1550. The number of carbonyl (C=O) groups is 1. The molecule has 11 heteroatoms. The van der Waals surface area contributed by atoms with Gasteiger partial charge in [-0.1, -0.05) is 6.07 Å². The quantitative estimate of drug-likeness (QED) is 0.294. The molecule has 0 unspecified atom stereocenters. The van der Waals surface area contributed by atoms with Crippen LogP contribution in [0.1, 0.15) is 50.1 Å². The number of benzene rings is 1. The van der Waals surface area contributed by atoms with Gasteiger partial charge in [0.1, 0.15) is 6.54 Å². The summed E-state index contributed by atoms with van der Waals surface area (Å²) in [6.45, 7) is 6.98. The molecule has 1 aromatic carbocycles. The van der Waals surface area contributed by atoms with E-state index in [-0.39, 0.29) is 11.6 Å². The van der Waals surface area contributed by atoms with Crippen molar-refractivity contribution in [3.63, 3.8) is 0 Å². The number of carbonyl (C=O) groups excluding carboxylic acids is 1. The Morgan fingerprint density at radius 3 is 2.49 bits per heavy atom. The van der Waals surface area contributed by atoms with Crippen LogP contribution < -0.4 is 10.6 Å². The number of nitrogens with zero attached hydrogens (tertiary/aromatic N) is 5. The first kappa shape index (κ1) is 30.4. The zero-order valence-corrected chi connectivity index (χ0v) is 24.5. The van der Waals surface area contributed by atoms with Crippen LogP contribution in [-0.2, 0) is 23.3 Å². The minimum atomic E-state index is -4.40. The molecule has 2 aliphatic rings. The smallest absolute Gasteiger partial charge is 0.341 e. The van der Waals surface area contributed by atoms with Crippen molar-refractivity contribution in [2.24, 2.45) is 0 Å². The molecule has 8 nitrogen and oxygen atoms in total. The van der Waals surface area contributed by atoms with Gasteiger partial charge in [0.25, 0.3) is 0 Å². The molecule has 0 atom stereocenters. The highest BCUT2D eigenvalue weighted by atomic mass is 19.4. The molecule has 2 aromatic heterocycles. The summed E-state index contributed by atoms with van der Waals surface area (Å²) in [5.41, 5.74) is 2.16. The number of alkyl halides is 3. The average molecular weight is 592 g/mol. The van der Waals surface area contributed by atoms with Crippen molar-refractivity contribution in [3.05, 3.63) is 59.5 Å². The fourth-order valence-electron chi connectivity index (χ4n) is 5.36. The summed E-state index contributed by atoms with van der Waals surface area (Å²) >= 11 is 0. The maximum Gasteiger partial charge on any atom is 0.406 e. The van der Waals surface area contributed by atoms with E-state index in [2.05, 4.69) is 38.6 Å². The second kappa shape index (κ2) is 12.7. The summed E-state index contributed by atoms with van der Waals surface area (Å²) in [5, 5.41) is 16.4. The molecule has 2 N–H and O–H groups in total. The number of amides is 1. The van der Waals surface area contributed by atoms with Gasteiger partial charge in [-0.3, -0.25) is 14.7 Å². The number of halogens is 3. The summed E-state index contributed by atoms with van der Waals surface area (Å²) in [5.74, 6) is 3.06. The number of anilines is 1. The number of pyridine rings is 1. The van der Waals surface area contributed by atoms with Crippen LogP contribution in [0.3, 0.4) is 0 Å². The second-order valence-electron chi connectivity index (χ2n) is 11.8. The standard InChI is InChI=1S/C32H36F3N7O/c1-31(2,21-36)29-7-5-26(19-39-29)37-11-8-27-17-24-16-23(4-6-28(24)42(27)22-32(33,34)35)18-38-25-9-14-40(15-10-25)20-30(43)41-12-3-13-41/h4-7,16-17,19,25,37-38H,3,9-10,12-15,18,20,22H2,1-2H3. The molecule has 2 fully saturated rings. The van der Waals surface area contributed by atoms with E-state index in [1.807, 2.05) is 17.0 Å². The Morgan fingerprint density at radius 1 is 1.09 bits per heavy atom. The summed E-state index contributed by atoms with van der Waals surface area (Å²) in [6, 6.07) is 15.9. The van der Waals surface area contributed by atoms with Crippen LogP contribution in [0.2, 0.25) is 0 Å². The number of aromatic nitrogens is 2. The van der Waals surface area contributed by atoms with Gasteiger partial charge in [0.05, 0.1) is 41.3 Å². The van der Waals surface area contributed by atoms with Gasteiger partial charge in [0, 0.05) is 55.7 Å². The van der Waals surface area contributed by atoms with Gasteiger partial charge in [-0.25, -0.2) is 0 Å². The summed E-state index contributed by atoms with van der Waals surface area (Å²) < 4.78 is 41.7. The molecule has 0 saturated carbocycles. The minimum absolute atomic E-state index is 0.218. The van der Waals surface area contributed by atoms with Crippen molar-refractivity contribution in [1.82, 2.24) is 24.7 Å². The van der Waals surface area contributed by atoms with Gasteiger partial charge >= 0.3 is 6.18 Å². The van der Waals surface area contributed by atoms with Crippen molar-refractivity contribution < 1.29 is 18.0 Å². The Morgan fingerprint density at radius 2 is 1.86 bits per heavy atom. The fraction of sp³-hybridized carbons (Fsp3) is 0.469.